The number of aromatic nitrogens is 1. The van der Waals surface area contributed by atoms with E-state index < -0.39 is 11.6 Å². The summed E-state index contributed by atoms with van der Waals surface area (Å²) >= 11 is 0. The predicted molar refractivity (Wildman–Crippen MR) is 124 cm³/mol. The van der Waals surface area contributed by atoms with Gasteiger partial charge >= 0.3 is 6.01 Å². The lowest BCUT2D eigenvalue weighted by molar-refractivity contribution is 0.232. The van der Waals surface area contributed by atoms with Crippen molar-refractivity contribution >= 4 is 11.7 Å². The van der Waals surface area contributed by atoms with Crippen molar-refractivity contribution in [1.82, 2.24) is 4.98 Å². The Balaban J connectivity index is 1.27. The van der Waals surface area contributed by atoms with Gasteiger partial charge in [0.2, 0.25) is 5.88 Å². The SMILES string of the molecule is Fc1ccc(CNc2ccccc2-c2cnc(NC3=COC=C(C4=CC=CCC4)O3)o2)cc1F. The van der Waals surface area contributed by atoms with Crippen LogP contribution in [0.2, 0.25) is 0 Å². The summed E-state index contributed by atoms with van der Waals surface area (Å²) in [6, 6.07) is 11.5. The Morgan fingerprint density at radius 3 is 2.79 bits per heavy atom. The maximum Gasteiger partial charge on any atom is 0.302 e. The van der Waals surface area contributed by atoms with Crippen LogP contribution < -0.4 is 10.6 Å². The molecule has 0 bridgehead atoms. The summed E-state index contributed by atoms with van der Waals surface area (Å²) in [4.78, 5) is 4.29. The van der Waals surface area contributed by atoms with Crippen LogP contribution in [0.3, 0.4) is 0 Å². The number of allylic oxidation sites excluding steroid dienone is 4. The van der Waals surface area contributed by atoms with Crippen LogP contribution in [0.5, 0.6) is 0 Å². The lowest BCUT2D eigenvalue weighted by Gasteiger charge is -2.19. The molecule has 0 amide bonds. The maximum atomic E-state index is 13.5. The normalized spacial score (nSPS) is 14.9. The molecule has 0 spiro atoms. The molecular formula is C26H21F2N3O3. The highest BCUT2D eigenvalue weighted by Gasteiger charge is 2.18. The zero-order valence-electron chi connectivity index (χ0n) is 18.1. The molecule has 0 fully saturated rings. The van der Waals surface area contributed by atoms with Crippen LogP contribution >= 0.6 is 0 Å². The Bertz CT molecular complexity index is 1320. The smallest absolute Gasteiger partial charge is 0.302 e. The van der Waals surface area contributed by atoms with Gasteiger partial charge in [-0.1, -0.05) is 36.4 Å². The zero-order valence-corrected chi connectivity index (χ0v) is 18.1. The van der Waals surface area contributed by atoms with Crippen molar-refractivity contribution in [2.24, 2.45) is 0 Å². The molecule has 8 heteroatoms. The average Bonchev–Trinajstić information content (AvgIpc) is 3.34. The summed E-state index contributed by atoms with van der Waals surface area (Å²) in [5.41, 5.74) is 3.18. The summed E-state index contributed by atoms with van der Waals surface area (Å²) in [6.07, 6.45) is 12.5. The van der Waals surface area contributed by atoms with E-state index in [0.717, 1.165) is 35.7 Å². The van der Waals surface area contributed by atoms with Gasteiger partial charge in [-0.3, -0.25) is 5.32 Å². The number of ether oxygens (including phenoxy) is 2. The second-order valence-electron chi connectivity index (χ2n) is 7.66. The van der Waals surface area contributed by atoms with Crippen LogP contribution in [0.25, 0.3) is 11.3 Å². The maximum absolute atomic E-state index is 13.5. The summed E-state index contributed by atoms with van der Waals surface area (Å²) in [5, 5.41) is 6.22. The largest absolute Gasteiger partial charge is 0.463 e. The number of nitrogens with one attached hydrogen (secondary N) is 2. The minimum atomic E-state index is -0.879. The van der Waals surface area contributed by atoms with Gasteiger partial charge in [0.25, 0.3) is 0 Å². The molecule has 0 atom stereocenters. The Morgan fingerprint density at radius 2 is 1.94 bits per heavy atom. The molecule has 34 heavy (non-hydrogen) atoms. The van der Waals surface area contributed by atoms with Crippen molar-refractivity contribution in [3.8, 4) is 11.3 Å². The highest BCUT2D eigenvalue weighted by Crippen LogP contribution is 2.31. The quantitative estimate of drug-likeness (QED) is 0.413. The van der Waals surface area contributed by atoms with Gasteiger partial charge in [0, 0.05) is 17.8 Å². The molecule has 2 aliphatic rings. The van der Waals surface area contributed by atoms with Gasteiger partial charge in [-0.25, -0.2) is 13.8 Å². The minimum absolute atomic E-state index is 0.235. The van der Waals surface area contributed by atoms with Crippen molar-refractivity contribution in [2.45, 2.75) is 19.4 Å². The van der Waals surface area contributed by atoms with Gasteiger partial charge in [0.15, 0.2) is 29.4 Å². The molecule has 0 unspecified atom stereocenters. The van der Waals surface area contributed by atoms with E-state index in [2.05, 4.69) is 21.7 Å². The molecule has 2 aromatic carbocycles. The molecular weight excluding hydrogens is 440 g/mol. The lowest BCUT2D eigenvalue weighted by Crippen LogP contribution is -2.10. The average molecular weight is 461 g/mol. The molecule has 2 N–H and O–H groups in total. The molecule has 6 nitrogen and oxygen atoms in total. The van der Waals surface area contributed by atoms with Gasteiger partial charge in [0.1, 0.15) is 6.26 Å². The van der Waals surface area contributed by atoms with E-state index in [1.54, 1.807) is 12.5 Å². The zero-order chi connectivity index (χ0) is 23.3. The molecule has 1 aromatic heterocycles. The molecule has 1 aliphatic heterocycles. The number of rotatable bonds is 7. The molecule has 5 rings (SSSR count). The molecule has 0 saturated heterocycles. The molecule has 2 heterocycles. The summed E-state index contributed by atoms with van der Waals surface area (Å²) < 4.78 is 43.9. The number of halogens is 2. The topological polar surface area (TPSA) is 68.6 Å². The van der Waals surface area contributed by atoms with Crippen LogP contribution in [-0.2, 0) is 16.0 Å². The van der Waals surface area contributed by atoms with Gasteiger partial charge < -0.3 is 19.2 Å². The van der Waals surface area contributed by atoms with Crippen LogP contribution in [-0.4, -0.2) is 4.98 Å². The monoisotopic (exact) mass is 461 g/mol. The number of para-hydroxylation sites is 1. The number of hydrogen-bond acceptors (Lipinski definition) is 6. The van der Waals surface area contributed by atoms with Crippen LogP contribution in [0.1, 0.15) is 18.4 Å². The fourth-order valence-electron chi connectivity index (χ4n) is 3.59. The van der Waals surface area contributed by atoms with E-state index in [-0.39, 0.29) is 6.01 Å². The van der Waals surface area contributed by atoms with Gasteiger partial charge in [-0.15, -0.1) is 0 Å². The summed E-state index contributed by atoms with van der Waals surface area (Å²) in [6.45, 7) is 0.311. The number of anilines is 2. The molecule has 1 aliphatic carbocycles. The molecule has 3 aromatic rings. The van der Waals surface area contributed by atoms with Crippen molar-refractivity contribution in [1.29, 1.82) is 0 Å². The van der Waals surface area contributed by atoms with E-state index in [9.17, 15) is 8.78 Å². The van der Waals surface area contributed by atoms with E-state index in [1.165, 1.54) is 18.4 Å². The molecule has 0 radical (unpaired) electrons. The Kier molecular flexibility index (Phi) is 6.11. The Morgan fingerprint density at radius 1 is 1.03 bits per heavy atom. The lowest BCUT2D eigenvalue weighted by atomic mass is 10.0. The highest BCUT2D eigenvalue weighted by atomic mass is 19.2. The van der Waals surface area contributed by atoms with Crippen molar-refractivity contribution in [3.63, 3.8) is 0 Å². The second kappa shape index (κ2) is 9.66. The summed E-state index contributed by atoms with van der Waals surface area (Å²) in [7, 11) is 0. The Labute approximate surface area is 194 Å². The van der Waals surface area contributed by atoms with E-state index in [4.69, 9.17) is 13.9 Å². The number of oxazole rings is 1. The molecule has 172 valence electrons. The summed E-state index contributed by atoms with van der Waals surface area (Å²) in [5.74, 6) is -0.248. The second-order valence-corrected chi connectivity index (χ2v) is 7.66. The third kappa shape index (κ3) is 4.85. The van der Waals surface area contributed by atoms with Crippen LogP contribution in [0, 0.1) is 11.6 Å². The fraction of sp³-hybridized carbons (Fsp3) is 0.115. The number of nitrogens with zero attached hydrogens (tertiary/aromatic N) is 1. The fourth-order valence-corrected chi connectivity index (χ4v) is 3.59. The third-order valence-corrected chi connectivity index (χ3v) is 5.30. The van der Waals surface area contributed by atoms with Crippen molar-refractivity contribution in [3.05, 3.63) is 114 Å². The first-order chi connectivity index (χ1) is 16.7. The van der Waals surface area contributed by atoms with Crippen LogP contribution in [0.4, 0.5) is 20.5 Å². The molecule has 0 saturated carbocycles. The van der Waals surface area contributed by atoms with Gasteiger partial charge in [-0.2, -0.15) is 0 Å². The first-order valence-corrected chi connectivity index (χ1v) is 10.8. The van der Waals surface area contributed by atoms with Gasteiger partial charge in [-0.05, 0) is 48.2 Å². The van der Waals surface area contributed by atoms with E-state index >= 15 is 0 Å². The van der Waals surface area contributed by atoms with E-state index in [0.29, 0.717) is 29.5 Å². The predicted octanol–water partition coefficient (Wildman–Crippen LogP) is 6.61. The van der Waals surface area contributed by atoms with Crippen LogP contribution in [0.15, 0.2) is 101 Å². The van der Waals surface area contributed by atoms with E-state index in [1.807, 2.05) is 36.4 Å². The standard InChI is InChI=1S/C26H21F2N3O3/c27-20-11-10-17(12-21(20)28)13-29-22-9-5-4-8-19(22)23-14-30-26(34-23)31-25-16-32-15-24(33-25)18-6-2-1-3-7-18/h1-2,4-6,8-12,14-16,29H,3,7,13H2,(H,30,31). The number of hydrogen-bond donors (Lipinski definition) is 2. The highest BCUT2D eigenvalue weighted by molar-refractivity contribution is 5.74. The minimum Gasteiger partial charge on any atom is -0.463 e. The first kappa shape index (κ1) is 21.5. The Hall–Kier alpha value is -4.33. The van der Waals surface area contributed by atoms with Crippen molar-refractivity contribution < 1.29 is 22.7 Å². The van der Waals surface area contributed by atoms with Crippen molar-refractivity contribution in [2.75, 3.05) is 10.6 Å². The first-order valence-electron chi connectivity index (χ1n) is 10.8. The van der Waals surface area contributed by atoms with Gasteiger partial charge in [0.05, 0.1) is 6.20 Å². The number of benzene rings is 2. The third-order valence-electron chi connectivity index (χ3n) is 5.30.